The molecule has 0 aromatic carbocycles. The maximum absolute atomic E-state index is 5.41. The van der Waals surface area contributed by atoms with Crippen LogP contribution in [0.1, 0.15) is 32.1 Å². The van der Waals surface area contributed by atoms with Crippen LogP contribution in [0.5, 0.6) is 0 Å². The zero-order chi connectivity index (χ0) is 7.94. The third-order valence-electron chi connectivity index (χ3n) is 2.48. The first-order valence-corrected chi connectivity index (χ1v) is 4.84. The van der Waals surface area contributed by atoms with Crippen molar-refractivity contribution in [3.8, 4) is 0 Å². The van der Waals surface area contributed by atoms with Crippen LogP contribution in [0.25, 0.3) is 0 Å². The molecule has 1 rings (SSSR count). The van der Waals surface area contributed by atoms with E-state index in [1.165, 1.54) is 45.2 Å². The fourth-order valence-electron chi connectivity index (χ4n) is 1.71. The van der Waals surface area contributed by atoms with Gasteiger partial charge in [-0.05, 0) is 44.8 Å². The van der Waals surface area contributed by atoms with E-state index in [-0.39, 0.29) is 0 Å². The molecule has 0 bridgehead atoms. The molecule has 0 saturated carbocycles. The summed E-state index contributed by atoms with van der Waals surface area (Å²) in [6.45, 7) is 3.35. The zero-order valence-electron chi connectivity index (χ0n) is 7.31. The Bertz CT molecular complexity index is 87.6. The maximum Gasteiger partial charge on any atom is -0.00200 e. The summed E-state index contributed by atoms with van der Waals surface area (Å²) in [5.74, 6) is 0.966. The first-order valence-electron chi connectivity index (χ1n) is 4.84. The molecule has 11 heavy (non-hydrogen) atoms. The lowest BCUT2D eigenvalue weighted by Crippen LogP contribution is -2.08. The van der Waals surface area contributed by atoms with Crippen LogP contribution in [0.3, 0.4) is 0 Å². The van der Waals surface area contributed by atoms with Gasteiger partial charge in [0.2, 0.25) is 0 Å². The van der Waals surface area contributed by atoms with Crippen molar-refractivity contribution in [1.82, 2.24) is 5.32 Å². The second-order valence-corrected chi connectivity index (χ2v) is 3.50. The highest BCUT2D eigenvalue weighted by Crippen LogP contribution is 2.15. The van der Waals surface area contributed by atoms with Crippen LogP contribution in [0, 0.1) is 5.92 Å². The van der Waals surface area contributed by atoms with Gasteiger partial charge in [-0.2, -0.15) is 0 Å². The highest BCUT2D eigenvalue weighted by atomic mass is 14.9. The van der Waals surface area contributed by atoms with Gasteiger partial charge in [0, 0.05) is 0 Å². The fraction of sp³-hybridized carbons (Fsp3) is 1.00. The van der Waals surface area contributed by atoms with Crippen LogP contribution in [-0.4, -0.2) is 19.6 Å². The Labute approximate surface area is 69.5 Å². The topological polar surface area (TPSA) is 38.0 Å². The molecule has 1 atom stereocenters. The fourth-order valence-corrected chi connectivity index (χ4v) is 1.71. The lowest BCUT2D eigenvalue weighted by molar-refractivity contribution is 0.492. The van der Waals surface area contributed by atoms with E-state index in [1.54, 1.807) is 0 Å². The first-order chi connectivity index (χ1) is 5.43. The molecule has 2 nitrogen and oxygen atoms in total. The van der Waals surface area contributed by atoms with Crippen LogP contribution in [0.2, 0.25) is 0 Å². The summed E-state index contributed by atoms with van der Waals surface area (Å²) in [5, 5.41) is 3.39. The second kappa shape index (κ2) is 5.56. The van der Waals surface area contributed by atoms with E-state index in [2.05, 4.69) is 5.32 Å². The molecule has 0 radical (unpaired) electrons. The average molecular weight is 156 g/mol. The van der Waals surface area contributed by atoms with Crippen molar-refractivity contribution in [2.75, 3.05) is 19.6 Å². The molecule has 66 valence electrons. The zero-order valence-corrected chi connectivity index (χ0v) is 7.31. The summed E-state index contributed by atoms with van der Waals surface area (Å²) in [7, 11) is 0. The van der Waals surface area contributed by atoms with Gasteiger partial charge >= 0.3 is 0 Å². The molecule has 3 N–H and O–H groups in total. The van der Waals surface area contributed by atoms with Gasteiger partial charge in [0.15, 0.2) is 0 Å². The van der Waals surface area contributed by atoms with E-state index in [4.69, 9.17) is 5.73 Å². The van der Waals surface area contributed by atoms with Crippen LogP contribution in [0.4, 0.5) is 0 Å². The summed E-state index contributed by atoms with van der Waals surface area (Å²) < 4.78 is 0. The minimum atomic E-state index is 0.864. The van der Waals surface area contributed by atoms with Crippen LogP contribution in [0.15, 0.2) is 0 Å². The molecule has 1 heterocycles. The number of unbranched alkanes of at least 4 members (excludes halogenated alkanes) is 2. The largest absolute Gasteiger partial charge is 0.330 e. The van der Waals surface area contributed by atoms with E-state index in [9.17, 15) is 0 Å². The Hall–Kier alpha value is -0.0800. The molecule has 0 amide bonds. The molecule has 1 saturated heterocycles. The van der Waals surface area contributed by atoms with Gasteiger partial charge in [0.1, 0.15) is 0 Å². The minimum absolute atomic E-state index is 0.864. The standard InChI is InChI=1S/C9H20N2/c10-6-3-1-2-4-9-5-7-11-8-9/h9,11H,1-8,10H2. The predicted molar refractivity (Wildman–Crippen MR) is 48.5 cm³/mol. The summed E-state index contributed by atoms with van der Waals surface area (Å²) in [6.07, 6.45) is 6.71. The van der Waals surface area contributed by atoms with Crippen molar-refractivity contribution < 1.29 is 0 Å². The van der Waals surface area contributed by atoms with Gasteiger partial charge in [-0.3, -0.25) is 0 Å². The SMILES string of the molecule is NCCCCCC1CCNC1. The molecule has 2 heteroatoms. The van der Waals surface area contributed by atoms with Crippen molar-refractivity contribution in [1.29, 1.82) is 0 Å². The molecule has 1 aliphatic heterocycles. The Morgan fingerprint density at radius 2 is 2.18 bits per heavy atom. The number of nitrogens with two attached hydrogens (primary N) is 1. The monoisotopic (exact) mass is 156 g/mol. The van der Waals surface area contributed by atoms with Crippen LogP contribution >= 0.6 is 0 Å². The Balaban J connectivity index is 1.86. The number of hydrogen-bond acceptors (Lipinski definition) is 2. The Morgan fingerprint density at radius 3 is 2.82 bits per heavy atom. The summed E-state index contributed by atoms with van der Waals surface area (Å²) >= 11 is 0. The summed E-state index contributed by atoms with van der Waals surface area (Å²) in [5.41, 5.74) is 5.41. The molecule has 1 unspecified atom stereocenters. The average Bonchev–Trinajstić information content (AvgIpc) is 2.50. The van der Waals surface area contributed by atoms with Gasteiger partial charge in [0.25, 0.3) is 0 Å². The molecular formula is C9H20N2. The van der Waals surface area contributed by atoms with E-state index in [1.807, 2.05) is 0 Å². The summed E-state index contributed by atoms with van der Waals surface area (Å²) in [4.78, 5) is 0. The second-order valence-electron chi connectivity index (χ2n) is 3.50. The normalized spacial score (nSPS) is 24.3. The van der Waals surface area contributed by atoms with Crippen molar-refractivity contribution in [3.63, 3.8) is 0 Å². The molecule has 0 spiro atoms. The molecule has 1 aliphatic rings. The van der Waals surface area contributed by atoms with Gasteiger partial charge in [-0.15, -0.1) is 0 Å². The highest BCUT2D eigenvalue weighted by molar-refractivity contribution is 4.70. The maximum atomic E-state index is 5.41. The highest BCUT2D eigenvalue weighted by Gasteiger charge is 2.12. The molecule has 1 fully saturated rings. The van der Waals surface area contributed by atoms with E-state index >= 15 is 0 Å². The van der Waals surface area contributed by atoms with Crippen molar-refractivity contribution in [3.05, 3.63) is 0 Å². The molecule has 0 aromatic heterocycles. The third-order valence-corrected chi connectivity index (χ3v) is 2.48. The smallest absolute Gasteiger partial charge is 0.00200 e. The van der Waals surface area contributed by atoms with E-state index < -0.39 is 0 Å². The lowest BCUT2D eigenvalue weighted by atomic mass is 10.0. The number of nitrogens with one attached hydrogen (secondary N) is 1. The Morgan fingerprint density at radius 1 is 1.27 bits per heavy atom. The Kier molecular flexibility index (Phi) is 4.55. The van der Waals surface area contributed by atoms with E-state index in [0.717, 1.165) is 12.5 Å². The number of hydrogen-bond donors (Lipinski definition) is 2. The van der Waals surface area contributed by atoms with Crippen molar-refractivity contribution in [2.45, 2.75) is 32.1 Å². The van der Waals surface area contributed by atoms with Crippen molar-refractivity contribution >= 4 is 0 Å². The minimum Gasteiger partial charge on any atom is -0.330 e. The van der Waals surface area contributed by atoms with Gasteiger partial charge < -0.3 is 11.1 Å². The van der Waals surface area contributed by atoms with Crippen LogP contribution in [-0.2, 0) is 0 Å². The van der Waals surface area contributed by atoms with Gasteiger partial charge in [-0.25, -0.2) is 0 Å². The molecule has 0 aliphatic carbocycles. The predicted octanol–water partition coefficient (Wildman–Crippen LogP) is 1.11. The molecular weight excluding hydrogens is 136 g/mol. The molecule has 0 aromatic rings. The van der Waals surface area contributed by atoms with Gasteiger partial charge in [0.05, 0.1) is 0 Å². The summed E-state index contributed by atoms with van der Waals surface area (Å²) in [6, 6.07) is 0. The quantitative estimate of drug-likeness (QED) is 0.585. The van der Waals surface area contributed by atoms with E-state index in [0.29, 0.717) is 0 Å². The van der Waals surface area contributed by atoms with Crippen molar-refractivity contribution in [2.24, 2.45) is 11.7 Å². The van der Waals surface area contributed by atoms with Crippen LogP contribution < -0.4 is 11.1 Å². The number of rotatable bonds is 5. The first kappa shape index (κ1) is 9.01. The third kappa shape index (κ3) is 3.73. The van der Waals surface area contributed by atoms with Gasteiger partial charge in [-0.1, -0.05) is 12.8 Å². The lowest BCUT2D eigenvalue weighted by Gasteiger charge is -2.06.